The van der Waals surface area contributed by atoms with Crippen molar-refractivity contribution in [1.82, 2.24) is 0 Å². The van der Waals surface area contributed by atoms with Crippen molar-refractivity contribution >= 4 is 72.7 Å². The number of methoxy groups -OCH3 is 4. The number of nitrogens with one attached hydrogen (secondary N) is 1. The largest absolute Gasteiger partial charge is 0.504 e. The number of anilines is 1. The van der Waals surface area contributed by atoms with Gasteiger partial charge in [0.25, 0.3) is 0 Å². The number of rotatable bonds is 5. The van der Waals surface area contributed by atoms with Gasteiger partial charge in [0.15, 0.2) is 34.5 Å². The average Bonchev–Trinajstić information content (AvgIpc) is 3.10. The highest BCUT2D eigenvalue weighted by molar-refractivity contribution is 7.99. The van der Waals surface area contributed by atoms with Gasteiger partial charge in [-0.1, -0.05) is 5.57 Å². The SMILES string of the molecule is COC1=c2c3c(c(O)c(OC)c4c3c3c(c(OC)c(O)c5c6c(c(OC)c2c53)SCCN6)CC(C)=C4C(C)=O)CC1=O. The lowest BCUT2D eigenvalue weighted by Crippen LogP contribution is -2.26. The van der Waals surface area contributed by atoms with Crippen molar-refractivity contribution in [3.63, 3.8) is 0 Å². The lowest BCUT2D eigenvalue weighted by Gasteiger charge is -2.29. The molecule has 0 radical (unpaired) electrons. The van der Waals surface area contributed by atoms with Crippen LogP contribution < -0.4 is 24.7 Å². The van der Waals surface area contributed by atoms with E-state index in [2.05, 4.69) is 5.32 Å². The van der Waals surface area contributed by atoms with Crippen LogP contribution in [-0.2, 0) is 27.2 Å². The molecule has 0 atom stereocenters. The zero-order valence-electron chi connectivity index (χ0n) is 24.1. The topological polar surface area (TPSA) is 124 Å². The first-order chi connectivity index (χ1) is 20.2. The number of benzene rings is 4. The first kappa shape index (κ1) is 26.6. The molecule has 4 aromatic rings. The van der Waals surface area contributed by atoms with Crippen molar-refractivity contribution in [1.29, 1.82) is 0 Å². The van der Waals surface area contributed by atoms with Crippen LogP contribution in [0.3, 0.4) is 0 Å². The van der Waals surface area contributed by atoms with Gasteiger partial charge in [0, 0.05) is 67.7 Å². The van der Waals surface area contributed by atoms with Crippen LogP contribution in [0.2, 0.25) is 0 Å². The molecule has 216 valence electrons. The molecule has 3 aliphatic rings. The Bertz CT molecular complexity index is 2060. The Balaban J connectivity index is 2.00. The summed E-state index contributed by atoms with van der Waals surface area (Å²) < 4.78 is 23.7. The number of allylic oxidation sites excluding steroid dienone is 2. The van der Waals surface area contributed by atoms with Crippen LogP contribution in [0, 0.1) is 0 Å². The van der Waals surface area contributed by atoms with E-state index in [9.17, 15) is 19.8 Å². The number of hydrogen-bond acceptors (Lipinski definition) is 10. The Morgan fingerprint density at radius 3 is 2.17 bits per heavy atom. The normalized spacial score (nSPS) is 15.8. The van der Waals surface area contributed by atoms with E-state index >= 15 is 0 Å². The summed E-state index contributed by atoms with van der Waals surface area (Å²) in [4.78, 5) is 27.8. The molecule has 0 unspecified atom stereocenters. The van der Waals surface area contributed by atoms with Crippen LogP contribution in [-0.4, -0.2) is 62.5 Å². The molecule has 3 N–H and O–H groups in total. The van der Waals surface area contributed by atoms with Crippen LogP contribution in [0.15, 0.2) is 10.5 Å². The minimum Gasteiger partial charge on any atom is -0.504 e. The highest BCUT2D eigenvalue weighted by atomic mass is 32.2. The monoisotopic (exact) mass is 587 g/mol. The number of ether oxygens (including phenoxy) is 4. The maximum atomic E-state index is 13.7. The van der Waals surface area contributed by atoms with Crippen LogP contribution in [0.5, 0.6) is 28.7 Å². The molecule has 4 aromatic carbocycles. The van der Waals surface area contributed by atoms with Crippen molar-refractivity contribution in [3.05, 3.63) is 27.5 Å². The summed E-state index contributed by atoms with van der Waals surface area (Å²) in [5.41, 5.74) is 3.36. The summed E-state index contributed by atoms with van der Waals surface area (Å²) in [5, 5.41) is 31.3. The molecule has 0 bridgehead atoms. The van der Waals surface area contributed by atoms with Crippen molar-refractivity contribution in [2.45, 2.75) is 31.6 Å². The third kappa shape index (κ3) is 3.05. The number of aromatic hydroxyl groups is 2. The van der Waals surface area contributed by atoms with E-state index in [1.54, 1.807) is 18.9 Å². The molecule has 0 amide bonds. The number of carbonyl (C=O) groups is 2. The van der Waals surface area contributed by atoms with Gasteiger partial charge in [-0.25, -0.2) is 0 Å². The van der Waals surface area contributed by atoms with Gasteiger partial charge in [-0.2, -0.15) is 0 Å². The van der Waals surface area contributed by atoms with E-state index in [-0.39, 0.29) is 41.0 Å². The third-order valence-corrected chi connectivity index (χ3v) is 9.81. The van der Waals surface area contributed by atoms with E-state index in [1.165, 1.54) is 28.3 Å². The molecule has 9 nitrogen and oxygen atoms in total. The zero-order valence-corrected chi connectivity index (χ0v) is 24.9. The van der Waals surface area contributed by atoms with Crippen LogP contribution >= 0.6 is 11.8 Å². The van der Waals surface area contributed by atoms with Gasteiger partial charge < -0.3 is 34.5 Å². The molecule has 0 fully saturated rings. The van der Waals surface area contributed by atoms with Gasteiger partial charge in [-0.3, -0.25) is 9.59 Å². The number of hydrogen-bond donors (Lipinski definition) is 3. The molecule has 10 heteroatoms. The molecule has 0 aromatic heterocycles. The Hall–Kier alpha value is -4.31. The lowest BCUT2D eigenvalue weighted by molar-refractivity contribution is -0.115. The smallest absolute Gasteiger partial charge is 0.202 e. The predicted octanol–water partition coefficient (Wildman–Crippen LogP) is 4.62. The highest BCUT2D eigenvalue weighted by Crippen LogP contribution is 2.59. The van der Waals surface area contributed by atoms with Crippen molar-refractivity contribution in [2.24, 2.45) is 0 Å². The second kappa shape index (κ2) is 9.09. The second-order valence-electron chi connectivity index (χ2n) is 10.8. The fourth-order valence-corrected chi connectivity index (χ4v) is 8.38. The van der Waals surface area contributed by atoms with Crippen molar-refractivity contribution in [3.8, 4) is 28.7 Å². The number of carbonyl (C=O) groups excluding carboxylic acids is 2. The zero-order chi connectivity index (χ0) is 29.8. The number of phenols is 2. The number of fused-ring (bicyclic) bond motifs is 3. The average molecular weight is 588 g/mol. The highest BCUT2D eigenvalue weighted by Gasteiger charge is 2.39. The van der Waals surface area contributed by atoms with Gasteiger partial charge in [0.2, 0.25) is 5.78 Å². The summed E-state index contributed by atoms with van der Waals surface area (Å²) in [6.07, 6.45) is 0.169. The van der Waals surface area contributed by atoms with Gasteiger partial charge in [-0.05, 0) is 25.7 Å². The van der Waals surface area contributed by atoms with E-state index in [1.807, 2.05) is 6.92 Å². The summed E-state index contributed by atoms with van der Waals surface area (Å²) in [7, 11) is 5.99. The summed E-state index contributed by atoms with van der Waals surface area (Å²) in [6, 6.07) is 0. The van der Waals surface area contributed by atoms with E-state index in [4.69, 9.17) is 18.9 Å². The quantitative estimate of drug-likeness (QED) is 0.225. The van der Waals surface area contributed by atoms with E-state index < -0.39 is 0 Å². The molecular formula is C32H29NO8S. The molecule has 42 heavy (non-hydrogen) atoms. The molecule has 0 saturated heterocycles. The molecule has 0 saturated carbocycles. The number of phenolic OH excluding ortho intramolecular Hbond substituents is 2. The lowest BCUT2D eigenvalue weighted by atomic mass is 9.80. The minimum absolute atomic E-state index is 0.0434. The van der Waals surface area contributed by atoms with Crippen LogP contribution in [0.25, 0.3) is 43.6 Å². The Morgan fingerprint density at radius 2 is 1.52 bits per heavy atom. The fourth-order valence-electron chi connectivity index (χ4n) is 7.34. The first-order valence-corrected chi connectivity index (χ1v) is 14.6. The first-order valence-electron chi connectivity index (χ1n) is 13.6. The minimum atomic E-state index is -0.315. The second-order valence-corrected chi connectivity index (χ2v) is 11.9. The Labute approximate surface area is 245 Å². The number of ketones is 2. The maximum Gasteiger partial charge on any atom is 0.202 e. The molecule has 1 heterocycles. The van der Waals surface area contributed by atoms with E-state index in [0.29, 0.717) is 84.6 Å². The summed E-state index contributed by atoms with van der Waals surface area (Å²) >= 11 is 1.59. The third-order valence-electron chi connectivity index (χ3n) is 8.72. The molecule has 1 aliphatic heterocycles. The standard InChI is InChI=1S/C32H29NO8S/c1-11-9-14-18-19-17-13(26(36)30(40-5)21(19)16(11)12(2)34)10-15(35)29(39-4)22(17)23-20(18)24(27(37)28(14)38-3)25-32(31(23)41-6)42-8-7-33-25/h33,36-37H,7-10H2,1-6H3. The van der Waals surface area contributed by atoms with Gasteiger partial charge in [0.1, 0.15) is 5.75 Å². The van der Waals surface area contributed by atoms with Gasteiger partial charge in [0.05, 0.1) is 44.4 Å². The summed E-state index contributed by atoms with van der Waals surface area (Å²) in [5.74, 6) is 1.09. The molecule has 0 spiro atoms. The maximum absolute atomic E-state index is 13.7. The van der Waals surface area contributed by atoms with Gasteiger partial charge in [-0.15, -0.1) is 11.8 Å². The van der Waals surface area contributed by atoms with Crippen molar-refractivity contribution < 1.29 is 38.7 Å². The fraction of sp³-hybridized carbons (Fsp3) is 0.312. The van der Waals surface area contributed by atoms with Crippen LogP contribution in [0.1, 0.15) is 30.5 Å². The van der Waals surface area contributed by atoms with E-state index in [0.717, 1.165) is 21.6 Å². The number of Topliss-reactive ketones (excluding diaryl/α,β-unsaturated/α-hetero) is 2. The Morgan fingerprint density at radius 1 is 0.810 bits per heavy atom. The van der Waals surface area contributed by atoms with Crippen LogP contribution in [0.4, 0.5) is 5.69 Å². The summed E-state index contributed by atoms with van der Waals surface area (Å²) in [6.45, 7) is 4.01. The molecule has 2 aliphatic carbocycles. The number of thioether (sulfide) groups is 1. The van der Waals surface area contributed by atoms with Crippen molar-refractivity contribution in [2.75, 3.05) is 46.1 Å². The molecular weight excluding hydrogens is 558 g/mol. The predicted molar refractivity (Wildman–Crippen MR) is 162 cm³/mol. The Kier molecular flexibility index (Phi) is 5.75. The molecule has 7 rings (SSSR count). The van der Waals surface area contributed by atoms with Gasteiger partial charge >= 0.3 is 0 Å².